The van der Waals surface area contributed by atoms with Crippen LogP contribution in [0, 0.1) is 18.8 Å². The predicted octanol–water partition coefficient (Wildman–Crippen LogP) is 3.17. The molecule has 4 heteroatoms. The van der Waals surface area contributed by atoms with Gasteiger partial charge in [-0.25, -0.2) is 0 Å². The Bertz CT molecular complexity index is 765. The quantitative estimate of drug-likeness (QED) is 0.631. The number of carbonyl (C=O) groups is 2. The summed E-state index contributed by atoms with van der Waals surface area (Å²) in [6.45, 7) is 7.55. The van der Waals surface area contributed by atoms with Gasteiger partial charge in [0.25, 0.3) is 11.7 Å². The van der Waals surface area contributed by atoms with E-state index in [9.17, 15) is 9.59 Å². The summed E-state index contributed by atoms with van der Waals surface area (Å²) in [4.78, 5) is 27.4. The largest absolute Gasteiger partial charge is 0.347 e. The predicted molar refractivity (Wildman–Crippen MR) is 91.5 cm³/mol. The number of piperidine rings is 1. The van der Waals surface area contributed by atoms with Gasteiger partial charge in [0.2, 0.25) is 0 Å². The van der Waals surface area contributed by atoms with E-state index >= 15 is 0 Å². The minimum absolute atomic E-state index is 0.358. The fourth-order valence-electron chi connectivity index (χ4n) is 3.89. The van der Waals surface area contributed by atoms with Gasteiger partial charge in [-0.3, -0.25) is 9.59 Å². The highest BCUT2D eigenvalue weighted by atomic mass is 16.2. The average molecular weight is 312 g/mol. The van der Waals surface area contributed by atoms with Gasteiger partial charge in [-0.05, 0) is 31.2 Å². The third-order valence-electron chi connectivity index (χ3n) is 4.98. The van der Waals surface area contributed by atoms with Gasteiger partial charge in [0, 0.05) is 36.7 Å². The molecule has 0 bridgehead atoms. The van der Waals surface area contributed by atoms with Crippen LogP contribution in [0.4, 0.5) is 0 Å². The lowest BCUT2D eigenvalue weighted by Crippen LogP contribution is -2.45. The Labute approximate surface area is 137 Å². The number of benzene rings is 1. The maximum absolute atomic E-state index is 12.9. The number of hydrogen-bond acceptors (Lipinski definition) is 2. The van der Waals surface area contributed by atoms with Crippen molar-refractivity contribution < 1.29 is 9.59 Å². The van der Waals surface area contributed by atoms with Crippen molar-refractivity contribution >= 4 is 22.6 Å². The van der Waals surface area contributed by atoms with Crippen molar-refractivity contribution in [2.75, 3.05) is 13.1 Å². The zero-order chi connectivity index (χ0) is 16.7. The third kappa shape index (κ3) is 2.67. The SMILES string of the molecule is Cc1c(C(=O)C(=O)N2C[C@@H](C)C[C@H](C)C2)c2ccccc2n1C. The van der Waals surface area contributed by atoms with E-state index in [1.54, 1.807) is 4.90 Å². The summed E-state index contributed by atoms with van der Waals surface area (Å²) in [7, 11) is 1.93. The number of rotatable bonds is 2. The Morgan fingerprint density at radius 1 is 1.09 bits per heavy atom. The molecule has 0 saturated carbocycles. The van der Waals surface area contributed by atoms with Gasteiger partial charge in [0.1, 0.15) is 0 Å². The van der Waals surface area contributed by atoms with Gasteiger partial charge >= 0.3 is 0 Å². The Hall–Kier alpha value is -2.10. The van der Waals surface area contributed by atoms with Crippen LogP contribution in [0.5, 0.6) is 0 Å². The zero-order valence-electron chi connectivity index (χ0n) is 14.3. The summed E-state index contributed by atoms with van der Waals surface area (Å²) in [5, 5.41) is 0.865. The van der Waals surface area contributed by atoms with Crippen LogP contribution in [0.2, 0.25) is 0 Å². The molecule has 1 aromatic heterocycles. The van der Waals surface area contributed by atoms with Crippen molar-refractivity contribution in [2.45, 2.75) is 27.2 Å². The molecule has 122 valence electrons. The Morgan fingerprint density at radius 2 is 1.70 bits per heavy atom. The van der Waals surface area contributed by atoms with Crippen LogP contribution >= 0.6 is 0 Å². The summed E-state index contributed by atoms with van der Waals surface area (Å²) >= 11 is 0. The number of fused-ring (bicyclic) bond motifs is 1. The maximum atomic E-state index is 12.9. The number of amides is 1. The molecule has 2 heterocycles. The van der Waals surface area contributed by atoms with E-state index in [2.05, 4.69) is 13.8 Å². The normalized spacial score (nSPS) is 21.7. The molecule has 1 aromatic carbocycles. The molecule has 23 heavy (non-hydrogen) atoms. The molecule has 4 nitrogen and oxygen atoms in total. The highest BCUT2D eigenvalue weighted by Gasteiger charge is 2.32. The molecule has 2 atom stereocenters. The lowest BCUT2D eigenvalue weighted by atomic mass is 9.91. The van der Waals surface area contributed by atoms with Crippen LogP contribution in [-0.2, 0) is 11.8 Å². The van der Waals surface area contributed by atoms with E-state index in [0.717, 1.165) is 23.0 Å². The number of Topliss-reactive ketones (excluding diaryl/α,β-unsaturated/α-hetero) is 1. The molecule has 2 aromatic rings. The summed E-state index contributed by atoms with van der Waals surface area (Å²) in [6, 6.07) is 7.76. The van der Waals surface area contributed by atoms with Crippen LogP contribution in [0.25, 0.3) is 10.9 Å². The maximum Gasteiger partial charge on any atom is 0.295 e. The lowest BCUT2D eigenvalue weighted by molar-refractivity contribution is -0.129. The first-order valence-electron chi connectivity index (χ1n) is 8.27. The van der Waals surface area contributed by atoms with E-state index in [-0.39, 0.29) is 11.7 Å². The first kappa shape index (κ1) is 15.8. The minimum Gasteiger partial charge on any atom is -0.347 e. The number of para-hydroxylation sites is 1. The van der Waals surface area contributed by atoms with Gasteiger partial charge in [-0.2, -0.15) is 0 Å². The van der Waals surface area contributed by atoms with Crippen molar-refractivity contribution in [3.05, 3.63) is 35.5 Å². The molecule has 3 rings (SSSR count). The monoisotopic (exact) mass is 312 g/mol. The van der Waals surface area contributed by atoms with Crippen molar-refractivity contribution in [3.8, 4) is 0 Å². The minimum atomic E-state index is -0.374. The summed E-state index contributed by atoms with van der Waals surface area (Å²) in [5.41, 5.74) is 2.39. The number of ketones is 1. The average Bonchev–Trinajstić information content (AvgIpc) is 2.77. The van der Waals surface area contributed by atoms with E-state index in [1.807, 2.05) is 42.8 Å². The first-order chi connectivity index (χ1) is 10.9. The second-order valence-corrected chi connectivity index (χ2v) is 7.02. The Balaban J connectivity index is 1.97. The molecule has 0 radical (unpaired) electrons. The second kappa shape index (κ2) is 5.84. The highest BCUT2D eigenvalue weighted by molar-refractivity contribution is 6.45. The standard InChI is InChI=1S/C19H24N2O2/c1-12-9-13(2)11-21(10-12)19(23)18(22)17-14(3)20(4)16-8-6-5-7-15(16)17/h5-8,12-13H,9-11H2,1-4H3/t12-,13-/m0/s1. The van der Waals surface area contributed by atoms with E-state index in [4.69, 9.17) is 0 Å². The van der Waals surface area contributed by atoms with E-state index < -0.39 is 0 Å². The number of aryl methyl sites for hydroxylation is 1. The highest BCUT2D eigenvalue weighted by Crippen LogP contribution is 2.27. The topological polar surface area (TPSA) is 42.3 Å². The fraction of sp³-hybridized carbons (Fsp3) is 0.474. The molecule has 1 fully saturated rings. The van der Waals surface area contributed by atoms with Crippen molar-refractivity contribution in [1.82, 2.24) is 9.47 Å². The smallest absolute Gasteiger partial charge is 0.295 e. The molecule has 0 spiro atoms. The molecule has 1 saturated heterocycles. The van der Waals surface area contributed by atoms with Crippen LogP contribution in [-0.4, -0.2) is 34.2 Å². The van der Waals surface area contributed by atoms with Gasteiger partial charge in [0.05, 0.1) is 5.56 Å². The number of carbonyl (C=O) groups excluding carboxylic acids is 2. The molecule has 0 unspecified atom stereocenters. The van der Waals surface area contributed by atoms with Gasteiger partial charge in [-0.15, -0.1) is 0 Å². The van der Waals surface area contributed by atoms with Crippen LogP contribution in [0.3, 0.4) is 0 Å². The van der Waals surface area contributed by atoms with E-state index in [0.29, 0.717) is 30.5 Å². The molecule has 1 aliphatic heterocycles. The van der Waals surface area contributed by atoms with Crippen LogP contribution in [0.15, 0.2) is 24.3 Å². The van der Waals surface area contributed by atoms with Crippen molar-refractivity contribution in [1.29, 1.82) is 0 Å². The van der Waals surface area contributed by atoms with Crippen LogP contribution < -0.4 is 0 Å². The third-order valence-corrected chi connectivity index (χ3v) is 4.98. The van der Waals surface area contributed by atoms with E-state index in [1.165, 1.54) is 0 Å². The van der Waals surface area contributed by atoms with Gasteiger partial charge in [-0.1, -0.05) is 32.0 Å². The summed E-state index contributed by atoms with van der Waals surface area (Å²) in [5.74, 6) is 0.164. The lowest BCUT2D eigenvalue weighted by Gasteiger charge is -2.34. The molecule has 1 aliphatic rings. The van der Waals surface area contributed by atoms with Crippen LogP contribution in [0.1, 0.15) is 36.3 Å². The molecule has 0 aliphatic carbocycles. The number of hydrogen-bond donors (Lipinski definition) is 0. The summed E-state index contributed by atoms with van der Waals surface area (Å²) in [6.07, 6.45) is 1.12. The van der Waals surface area contributed by atoms with Crippen molar-refractivity contribution in [2.24, 2.45) is 18.9 Å². The second-order valence-electron chi connectivity index (χ2n) is 7.02. The number of likely N-dealkylation sites (tertiary alicyclic amines) is 1. The zero-order valence-corrected chi connectivity index (χ0v) is 14.3. The van der Waals surface area contributed by atoms with Gasteiger partial charge < -0.3 is 9.47 Å². The Kier molecular flexibility index (Phi) is 4.00. The number of nitrogens with zero attached hydrogens (tertiary/aromatic N) is 2. The number of aromatic nitrogens is 1. The fourth-order valence-corrected chi connectivity index (χ4v) is 3.89. The van der Waals surface area contributed by atoms with Crippen molar-refractivity contribution in [3.63, 3.8) is 0 Å². The summed E-state index contributed by atoms with van der Waals surface area (Å²) < 4.78 is 1.98. The van der Waals surface area contributed by atoms with Gasteiger partial charge in [0.15, 0.2) is 0 Å². The molecular weight excluding hydrogens is 288 g/mol. The molecular formula is C19H24N2O2. The Morgan fingerprint density at radius 3 is 2.35 bits per heavy atom. The first-order valence-corrected chi connectivity index (χ1v) is 8.27. The molecule has 0 N–H and O–H groups in total. The molecule has 1 amide bonds.